The summed E-state index contributed by atoms with van der Waals surface area (Å²) < 4.78 is 61.3. The number of alkyl halides is 3. The highest BCUT2D eigenvalue weighted by Crippen LogP contribution is 2.31. The minimum Gasteiger partial charge on any atom is -0.393 e. The van der Waals surface area contributed by atoms with Gasteiger partial charge in [0.1, 0.15) is 11.8 Å². The number of nitrogens with two attached hydrogens (primary N) is 1. The van der Waals surface area contributed by atoms with Crippen LogP contribution in [0.2, 0.25) is 0 Å². The van der Waals surface area contributed by atoms with Crippen LogP contribution in [0.25, 0.3) is 0 Å². The molecule has 0 saturated heterocycles. The molecule has 1 aromatic heterocycles. The summed E-state index contributed by atoms with van der Waals surface area (Å²) in [6.45, 7) is 0. The molecule has 0 amide bonds. The first kappa shape index (κ1) is 14.3. The number of hydrogen-bond acceptors (Lipinski definition) is 6. The maximum Gasteiger partial charge on any atom is 0.574 e. The van der Waals surface area contributed by atoms with Crippen molar-refractivity contribution < 1.29 is 26.3 Å². The molecule has 2 N–H and O–H groups in total. The molecule has 0 fully saturated rings. The van der Waals surface area contributed by atoms with E-state index in [2.05, 4.69) is 9.72 Å². The lowest BCUT2D eigenvalue weighted by molar-refractivity contribution is -0.276. The highest BCUT2D eigenvalue weighted by Gasteiger charge is 2.34. The number of pyridine rings is 1. The van der Waals surface area contributed by atoms with Crippen molar-refractivity contribution in [1.82, 2.24) is 4.98 Å². The second kappa shape index (κ2) is 4.51. The predicted octanol–water partition coefficient (Wildman–Crippen LogP) is 1.36. The summed E-state index contributed by atoms with van der Waals surface area (Å²) in [6.07, 6.45) is -5.14. The van der Waals surface area contributed by atoms with E-state index in [9.17, 15) is 21.6 Å². The molecular weight excluding hydrogens is 299 g/mol. The number of nitrogen functional groups attached to an aromatic ring is 1. The Labute approximate surface area is 103 Å². The van der Waals surface area contributed by atoms with Crippen LogP contribution in [0.1, 0.15) is 5.56 Å². The lowest BCUT2D eigenvalue weighted by atomic mass is 10.2. The third-order valence-corrected chi connectivity index (χ3v) is 2.77. The van der Waals surface area contributed by atoms with E-state index in [1.807, 2.05) is 0 Å². The van der Waals surface area contributed by atoms with Crippen LogP contribution in [-0.2, 0) is 9.05 Å². The number of ether oxygens (including phenoxy) is 1. The topological polar surface area (TPSA) is 106 Å². The van der Waals surface area contributed by atoms with E-state index < -0.39 is 37.6 Å². The molecule has 0 aliphatic heterocycles. The van der Waals surface area contributed by atoms with Crippen molar-refractivity contribution in [2.75, 3.05) is 5.73 Å². The van der Waals surface area contributed by atoms with Crippen LogP contribution in [0.5, 0.6) is 5.88 Å². The molecule has 0 saturated carbocycles. The van der Waals surface area contributed by atoms with Crippen LogP contribution < -0.4 is 10.5 Å². The number of nitrogens with zero attached hydrogens (tertiary/aromatic N) is 2. The van der Waals surface area contributed by atoms with Crippen molar-refractivity contribution in [1.29, 1.82) is 5.26 Å². The zero-order valence-electron chi connectivity index (χ0n) is 8.19. The van der Waals surface area contributed by atoms with Gasteiger partial charge in [0.05, 0.1) is 5.56 Å². The first-order valence-electron chi connectivity index (χ1n) is 3.95. The molecule has 0 aliphatic rings. The monoisotopic (exact) mass is 301 g/mol. The van der Waals surface area contributed by atoms with Crippen molar-refractivity contribution in [2.24, 2.45) is 0 Å². The minimum absolute atomic E-state index is 0.552. The molecule has 98 valence electrons. The number of hydrogen-bond donors (Lipinski definition) is 1. The average Bonchev–Trinajstić information content (AvgIpc) is 2.17. The summed E-state index contributed by atoms with van der Waals surface area (Å²) in [4.78, 5) is 3.00. The summed E-state index contributed by atoms with van der Waals surface area (Å²) in [5.41, 5.74) is 3.88. The number of nitriles is 1. The van der Waals surface area contributed by atoms with E-state index in [0.29, 0.717) is 6.07 Å². The van der Waals surface area contributed by atoms with E-state index in [1.54, 1.807) is 0 Å². The number of anilines is 1. The maximum absolute atomic E-state index is 12.0. The van der Waals surface area contributed by atoms with Gasteiger partial charge < -0.3 is 10.5 Å². The fraction of sp³-hybridized carbons (Fsp3) is 0.143. The Morgan fingerprint density at radius 2 is 2.06 bits per heavy atom. The molecule has 0 aromatic carbocycles. The Morgan fingerprint density at radius 1 is 1.50 bits per heavy atom. The van der Waals surface area contributed by atoms with Crippen molar-refractivity contribution in [2.45, 2.75) is 11.4 Å². The zero-order valence-corrected chi connectivity index (χ0v) is 9.77. The molecular formula is C7H3ClF3N3O3S. The second-order valence-electron chi connectivity index (χ2n) is 2.82. The van der Waals surface area contributed by atoms with Gasteiger partial charge in [-0.05, 0) is 6.07 Å². The minimum atomic E-state index is -5.14. The quantitative estimate of drug-likeness (QED) is 0.827. The van der Waals surface area contributed by atoms with Gasteiger partial charge >= 0.3 is 6.36 Å². The fourth-order valence-electron chi connectivity index (χ4n) is 0.914. The summed E-state index contributed by atoms with van der Waals surface area (Å²) >= 11 is 0. The van der Waals surface area contributed by atoms with Gasteiger partial charge in [-0.3, -0.25) is 0 Å². The van der Waals surface area contributed by atoms with Gasteiger partial charge in [-0.15, -0.1) is 13.2 Å². The van der Waals surface area contributed by atoms with E-state index in [0.717, 1.165) is 0 Å². The van der Waals surface area contributed by atoms with Gasteiger partial charge in [0.2, 0.25) is 5.88 Å². The molecule has 0 aliphatic carbocycles. The standard InChI is InChI=1S/C7H3ClF3N3O3S/c8-18(15,16)4-1-3(2-12)5(13)6(14-4)17-7(9,10)11/h1H,13H2. The van der Waals surface area contributed by atoms with Crippen molar-refractivity contribution in [3.8, 4) is 11.9 Å². The molecule has 1 heterocycles. The van der Waals surface area contributed by atoms with E-state index in [-0.39, 0.29) is 0 Å². The van der Waals surface area contributed by atoms with Gasteiger partial charge in [-0.1, -0.05) is 0 Å². The van der Waals surface area contributed by atoms with Crippen LogP contribution in [-0.4, -0.2) is 19.8 Å². The highest BCUT2D eigenvalue weighted by atomic mass is 35.7. The van der Waals surface area contributed by atoms with Gasteiger partial charge in [0.15, 0.2) is 5.03 Å². The molecule has 6 nitrogen and oxygen atoms in total. The Hall–Kier alpha value is -1.73. The smallest absolute Gasteiger partial charge is 0.393 e. The molecule has 1 rings (SSSR count). The average molecular weight is 302 g/mol. The third kappa shape index (κ3) is 3.38. The summed E-state index contributed by atoms with van der Waals surface area (Å²) in [5.74, 6) is -1.25. The Kier molecular flexibility index (Phi) is 3.59. The van der Waals surface area contributed by atoms with Crippen LogP contribution in [0, 0.1) is 11.3 Å². The SMILES string of the molecule is N#Cc1cc(S(=O)(=O)Cl)nc(OC(F)(F)F)c1N. The van der Waals surface area contributed by atoms with E-state index in [4.69, 9.17) is 21.7 Å². The molecule has 11 heteroatoms. The third-order valence-electron chi connectivity index (χ3n) is 1.58. The van der Waals surface area contributed by atoms with Gasteiger partial charge in [-0.2, -0.15) is 10.2 Å². The first-order valence-corrected chi connectivity index (χ1v) is 6.26. The van der Waals surface area contributed by atoms with Crippen molar-refractivity contribution >= 4 is 25.4 Å². The molecule has 0 bridgehead atoms. The molecule has 0 radical (unpaired) electrons. The molecule has 0 unspecified atom stereocenters. The summed E-state index contributed by atoms with van der Waals surface area (Å²) in [6, 6.07) is 2.04. The fourth-order valence-corrected chi connectivity index (χ4v) is 1.60. The van der Waals surface area contributed by atoms with Crippen molar-refractivity contribution in [3.05, 3.63) is 11.6 Å². The van der Waals surface area contributed by atoms with Gasteiger partial charge in [-0.25, -0.2) is 8.42 Å². The first-order chi connectivity index (χ1) is 8.04. The number of halogens is 4. The Balaban J connectivity index is 3.48. The van der Waals surface area contributed by atoms with Crippen LogP contribution >= 0.6 is 10.7 Å². The van der Waals surface area contributed by atoms with Gasteiger partial charge in [0.25, 0.3) is 9.05 Å². The van der Waals surface area contributed by atoms with Crippen molar-refractivity contribution in [3.63, 3.8) is 0 Å². The molecule has 1 aromatic rings. The van der Waals surface area contributed by atoms with E-state index in [1.165, 1.54) is 6.07 Å². The van der Waals surface area contributed by atoms with Crippen LogP contribution in [0.15, 0.2) is 11.1 Å². The molecule has 0 atom stereocenters. The molecule has 18 heavy (non-hydrogen) atoms. The highest BCUT2D eigenvalue weighted by molar-refractivity contribution is 8.13. The lowest BCUT2D eigenvalue weighted by Crippen LogP contribution is -2.20. The lowest BCUT2D eigenvalue weighted by Gasteiger charge is -2.11. The summed E-state index contributed by atoms with van der Waals surface area (Å²) in [5, 5.41) is 7.64. The maximum atomic E-state index is 12.0. The Bertz CT molecular complexity index is 623. The van der Waals surface area contributed by atoms with E-state index >= 15 is 0 Å². The van der Waals surface area contributed by atoms with Gasteiger partial charge in [0, 0.05) is 10.7 Å². The largest absolute Gasteiger partial charge is 0.574 e. The second-order valence-corrected chi connectivity index (χ2v) is 5.34. The Morgan fingerprint density at radius 3 is 2.44 bits per heavy atom. The number of rotatable bonds is 2. The van der Waals surface area contributed by atoms with Crippen LogP contribution in [0.3, 0.4) is 0 Å². The van der Waals surface area contributed by atoms with Crippen LogP contribution in [0.4, 0.5) is 18.9 Å². The normalized spacial score (nSPS) is 11.9. The summed E-state index contributed by atoms with van der Waals surface area (Å²) in [7, 11) is 0.483. The zero-order chi connectivity index (χ0) is 14.1. The number of aromatic nitrogens is 1. The predicted molar refractivity (Wildman–Crippen MR) is 53.1 cm³/mol. The molecule has 0 spiro atoms.